The quantitative estimate of drug-likeness (QED) is 0.593. The molecule has 4 heterocycles. The van der Waals surface area contributed by atoms with Gasteiger partial charge in [0.15, 0.2) is 0 Å². The Labute approximate surface area is 160 Å². The fraction of sp³-hybridized carbons (Fsp3) is 0.250. The van der Waals surface area contributed by atoms with Crippen molar-refractivity contribution in [2.24, 2.45) is 0 Å². The van der Waals surface area contributed by atoms with Gasteiger partial charge in [0.25, 0.3) is 5.56 Å². The van der Waals surface area contributed by atoms with E-state index in [0.717, 1.165) is 40.9 Å². The number of nitrogens with one attached hydrogen (secondary N) is 1. The minimum Gasteiger partial charge on any atom is -0.312 e. The largest absolute Gasteiger partial charge is 0.312 e. The van der Waals surface area contributed by atoms with Gasteiger partial charge in [0, 0.05) is 23.8 Å². The van der Waals surface area contributed by atoms with Gasteiger partial charge in [-0.25, -0.2) is 4.98 Å². The molecule has 0 amide bonds. The SMILES string of the molecule is O=c1c2c3c(sc2ncn1Cc1ccccc1Cn1cccn1)CNCC3. The summed E-state index contributed by atoms with van der Waals surface area (Å²) in [4.78, 5) is 19.9. The fourth-order valence-electron chi connectivity index (χ4n) is 3.68. The Morgan fingerprint density at radius 1 is 1.15 bits per heavy atom. The van der Waals surface area contributed by atoms with Crippen molar-refractivity contribution in [3.8, 4) is 0 Å². The first-order chi connectivity index (χ1) is 13.3. The molecule has 6 nitrogen and oxygen atoms in total. The topological polar surface area (TPSA) is 64.7 Å². The van der Waals surface area contributed by atoms with Gasteiger partial charge in [0.05, 0.1) is 24.8 Å². The highest BCUT2D eigenvalue weighted by Crippen LogP contribution is 2.29. The van der Waals surface area contributed by atoms with E-state index >= 15 is 0 Å². The second-order valence-electron chi connectivity index (χ2n) is 6.76. The number of fused-ring (bicyclic) bond motifs is 3. The normalized spacial score (nSPS) is 13.8. The van der Waals surface area contributed by atoms with Crippen LogP contribution in [-0.2, 0) is 26.1 Å². The Hall–Kier alpha value is -2.77. The van der Waals surface area contributed by atoms with Crippen LogP contribution in [0, 0.1) is 0 Å². The molecule has 0 atom stereocenters. The third-order valence-corrected chi connectivity index (χ3v) is 6.19. The smallest absolute Gasteiger partial charge is 0.262 e. The van der Waals surface area contributed by atoms with Gasteiger partial charge in [-0.2, -0.15) is 5.10 Å². The van der Waals surface area contributed by atoms with Crippen molar-refractivity contribution in [3.05, 3.63) is 81.0 Å². The number of aromatic nitrogens is 4. The van der Waals surface area contributed by atoms with Crippen molar-refractivity contribution in [2.45, 2.75) is 26.1 Å². The van der Waals surface area contributed by atoms with Gasteiger partial charge in [-0.1, -0.05) is 24.3 Å². The molecule has 0 fully saturated rings. The Bertz CT molecular complexity index is 1160. The van der Waals surface area contributed by atoms with E-state index in [4.69, 9.17) is 0 Å². The molecule has 7 heteroatoms. The van der Waals surface area contributed by atoms with Crippen molar-refractivity contribution < 1.29 is 0 Å². The van der Waals surface area contributed by atoms with E-state index in [9.17, 15) is 4.79 Å². The van der Waals surface area contributed by atoms with Crippen LogP contribution in [0.1, 0.15) is 21.6 Å². The molecule has 0 saturated carbocycles. The Kier molecular flexibility index (Phi) is 4.10. The predicted octanol–water partition coefficient (Wildman–Crippen LogP) is 2.40. The molecule has 3 aromatic heterocycles. The molecule has 0 radical (unpaired) electrons. The average Bonchev–Trinajstić information content (AvgIpc) is 3.33. The summed E-state index contributed by atoms with van der Waals surface area (Å²) in [6.07, 6.45) is 6.30. The summed E-state index contributed by atoms with van der Waals surface area (Å²) in [7, 11) is 0. The van der Waals surface area contributed by atoms with Crippen LogP contribution < -0.4 is 10.9 Å². The highest BCUT2D eigenvalue weighted by Gasteiger charge is 2.20. The number of thiophene rings is 1. The average molecular weight is 377 g/mol. The van der Waals surface area contributed by atoms with Gasteiger partial charge < -0.3 is 5.32 Å². The molecule has 1 aromatic carbocycles. The molecular weight excluding hydrogens is 358 g/mol. The first-order valence-corrected chi connectivity index (χ1v) is 9.86. The molecular formula is C20H19N5OS. The number of benzene rings is 1. The molecule has 0 spiro atoms. The molecule has 0 unspecified atom stereocenters. The van der Waals surface area contributed by atoms with Crippen LogP contribution in [0.25, 0.3) is 10.2 Å². The van der Waals surface area contributed by atoms with Crippen LogP contribution in [0.15, 0.2) is 53.8 Å². The number of rotatable bonds is 4. The third kappa shape index (κ3) is 2.98. The highest BCUT2D eigenvalue weighted by atomic mass is 32.1. The standard InChI is InChI=1S/C20H19N5OS/c26-20-18-16-6-8-21-10-17(16)27-19(18)22-13-24(20)11-14-4-1-2-5-15(14)12-25-9-3-7-23-25/h1-5,7,9,13,21H,6,8,10-12H2. The molecule has 1 aliphatic heterocycles. The second kappa shape index (κ2) is 6.75. The number of nitrogens with zero attached hydrogens (tertiary/aromatic N) is 4. The summed E-state index contributed by atoms with van der Waals surface area (Å²) >= 11 is 1.64. The van der Waals surface area contributed by atoms with Crippen LogP contribution in [0.4, 0.5) is 0 Å². The van der Waals surface area contributed by atoms with Gasteiger partial charge in [-0.15, -0.1) is 11.3 Å². The lowest BCUT2D eigenvalue weighted by molar-refractivity contribution is 0.655. The monoisotopic (exact) mass is 377 g/mol. The lowest BCUT2D eigenvalue weighted by atomic mass is 10.1. The predicted molar refractivity (Wildman–Crippen MR) is 106 cm³/mol. The number of hydrogen-bond donors (Lipinski definition) is 1. The van der Waals surface area contributed by atoms with E-state index in [0.29, 0.717) is 13.1 Å². The molecule has 4 aromatic rings. The Balaban J connectivity index is 1.54. The molecule has 136 valence electrons. The van der Waals surface area contributed by atoms with Gasteiger partial charge >= 0.3 is 0 Å². The van der Waals surface area contributed by atoms with Gasteiger partial charge in [0.1, 0.15) is 4.83 Å². The maximum atomic E-state index is 13.2. The van der Waals surface area contributed by atoms with Crippen LogP contribution >= 0.6 is 11.3 Å². The summed E-state index contributed by atoms with van der Waals surface area (Å²) in [5, 5.41) is 8.47. The van der Waals surface area contributed by atoms with Crippen LogP contribution in [0.3, 0.4) is 0 Å². The van der Waals surface area contributed by atoms with Gasteiger partial charge in [-0.05, 0) is 35.7 Å². The molecule has 0 aliphatic carbocycles. The Morgan fingerprint density at radius 2 is 2.00 bits per heavy atom. The minimum absolute atomic E-state index is 0.0632. The van der Waals surface area contributed by atoms with Crippen molar-refractivity contribution in [1.29, 1.82) is 0 Å². The van der Waals surface area contributed by atoms with E-state index in [2.05, 4.69) is 27.5 Å². The summed E-state index contributed by atoms with van der Waals surface area (Å²) in [5.41, 5.74) is 3.52. The zero-order valence-corrected chi connectivity index (χ0v) is 15.6. The van der Waals surface area contributed by atoms with Crippen LogP contribution in [0.5, 0.6) is 0 Å². The maximum absolute atomic E-state index is 13.2. The first kappa shape index (κ1) is 16.4. The van der Waals surface area contributed by atoms with E-state index in [1.54, 1.807) is 28.4 Å². The van der Waals surface area contributed by atoms with Crippen LogP contribution in [0.2, 0.25) is 0 Å². The van der Waals surface area contributed by atoms with Crippen molar-refractivity contribution in [3.63, 3.8) is 0 Å². The fourth-order valence-corrected chi connectivity index (χ4v) is 4.83. The van der Waals surface area contributed by atoms with Crippen molar-refractivity contribution in [1.82, 2.24) is 24.6 Å². The van der Waals surface area contributed by atoms with Crippen molar-refractivity contribution in [2.75, 3.05) is 6.54 Å². The van der Waals surface area contributed by atoms with E-state index in [1.807, 2.05) is 29.1 Å². The van der Waals surface area contributed by atoms with Gasteiger partial charge in [-0.3, -0.25) is 14.0 Å². The summed E-state index contributed by atoms with van der Waals surface area (Å²) in [5.74, 6) is 0. The summed E-state index contributed by atoms with van der Waals surface area (Å²) in [6.45, 7) is 2.96. The zero-order chi connectivity index (χ0) is 18.2. The summed E-state index contributed by atoms with van der Waals surface area (Å²) < 4.78 is 3.63. The molecule has 0 bridgehead atoms. The number of hydrogen-bond acceptors (Lipinski definition) is 5. The van der Waals surface area contributed by atoms with E-state index in [-0.39, 0.29) is 5.56 Å². The van der Waals surface area contributed by atoms with Crippen molar-refractivity contribution >= 4 is 21.6 Å². The van der Waals surface area contributed by atoms with E-state index in [1.165, 1.54) is 10.4 Å². The van der Waals surface area contributed by atoms with Crippen LogP contribution in [-0.4, -0.2) is 25.9 Å². The summed E-state index contributed by atoms with van der Waals surface area (Å²) in [6, 6.07) is 10.1. The lowest BCUT2D eigenvalue weighted by Gasteiger charge is -2.13. The van der Waals surface area contributed by atoms with E-state index < -0.39 is 0 Å². The third-order valence-electron chi connectivity index (χ3n) is 5.05. The molecule has 1 aliphatic rings. The van der Waals surface area contributed by atoms with Gasteiger partial charge in [0.2, 0.25) is 0 Å². The second-order valence-corrected chi connectivity index (χ2v) is 7.84. The zero-order valence-electron chi connectivity index (χ0n) is 14.8. The Morgan fingerprint density at radius 3 is 2.81 bits per heavy atom. The highest BCUT2D eigenvalue weighted by molar-refractivity contribution is 7.18. The molecule has 5 rings (SSSR count). The molecule has 0 saturated heterocycles. The first-order valence-electron chi connectivity index (χ1n) is 9.04. The lowest BCUT2D eigenvalue weighted by Crippen LogP contribution is -2.25. The minimum atomic E-state index is 0.0632. The molecule has 1 N–H and O–H groups in total. The maximum Gasteiger partial charge on any atom is 0.262 e. The molecule has 27 heavy (non-hydrogen) atoms.